The third kappa shape index (κ3) is 6.46. The van der Waals surface area contributed by atoms with E-state index >= 15 is 0 Å². The Morgan fingerprint density at radius 3 is 2.23 bits per heavy atom. The van der Waals surface area contributed by atoms with Crippen molar-refractivity contribution in [3.05, 3.63) is 60.2 Å². The molecule has 0 unspecified atom stereocenters. The predicted molar refractivity (Wildman–Crippen MR) is 123 cm³/mol. The molecule has 2 aromatic carbocycles. The highest BCUT2D eigenvalue weighted by Gasteiger charge is 2.26. The van der Waals surface area contributed by atoms with Crippen LogP contribution in [0.15, 0.2) is 54.6 Å². The molecule has 1 heterocycles. The first-order valence-corrected chi connectivity index (χ1v) is 10.7. The number of hydrogen-bond acceptors (Lipinski definition) is 6. The second kappa shape index (κ2) is 10.8. The van der Waals surface area contributed by atoms with Crippen LogP contribution >= 0.6 is 0 Å². The molecule has 1 amide bonds. The molecule has 1 fully saturated rings. The molecule has 1 atom stereocenters. The number of ether oxygens (including phenoxy) is 1. The van der Waals surface area contributed by atoms with E-state index in [1.807, 2.05) is 20.2 Å². The number of nitrogens with zero attached hydrogens (tertiary/aromatic N) is 3. The standard InChI is InChI=1S/C24H32N4O3/c1-19(29)31-18-24(30)25-17-23(20-9-11-21(12-10-20)26(2)3)28-15-13-27(14-16-28)22-7-5-4-6-8-22/h4-12,23H,13-18H2,1-3H3,(H,25,30)/t23-/m0/s1. The molecule has 1 N–H and O–H groups in total. The Morgan fingerprint density at radius 1 is 1.00 bits per heavy atom. The minimum absolute atomic E-state index is 0.0513. The van der Waals surface area contributed by atoms with Gasteiger partial charge in [-0.1, -0.05) is 30.3 Å². The number of para-hydroxylation sites is 1. The normalized spacial score (nSPS) is 15.3. The molecular weight excluding hydrogens is 392 g/mol. The first kappa shape index (κ1) is 22.6. The maximum Gasteiger partial charge on any atom is 0.303 e. The average molecular weight is 425 g/mol. The zero-order valence-electron chi connectivity index (χ0n) is 18.6. The van der Waals surface area contributed by atoms with E-state index in [4.69, 9.17) is 4.74 Å². The number of esters is 1. The van der Waals surface area contributed by atoms with Crippen molar-refractivity contribution in [1.29, 1.82) is 0 Å². The van der Waals surface area contributed by atoms with Gasteiger partial charge >= 0.3 is 5.97 Å². The summed E-state index contributed by atoms with van der Waals surface area (Å²) in [6.45, 7) is 5.17. The number of carbonyl (C=O) groups excluding carboxylic acids is 2. The second-order valence-electron chi connectivity index (χ2n) is 7.94. The fraction of sp³-hybridized carbons (Fsp3) is 0.417. The summed E-state index contributed by atoms with van der Waals surface area (Å²) in [5.74, 6) is -0.740. The van der Waals surface area contributed by atoms with Gasteiger partial charge in [-0.3, -0.25) is 14.5 Å². The molecule has 166 valence electrons. The van der Waals surface area contributed by atoms with E-state index in [1.165, 1.54) is 12.6 Å². The van der Waals surface area contributed by atoms with Crippen molar-refractivity contribution < 1.29 is 14.3 Å². The number of anilines is 2. The van der Waals surface area contributed by atoms with Crippen molar-refractivity contribution in [2.75, 3.05) is 63.2 Å². The van der Waals surface area contributed by atoms with E-state index in [1.54, 1.807) is 0 Å². The van der Waals surface area contributed by atoms with Gasteiger partial charge in [0.1, 0.15) is 0 Å². The second-order valence-corrected chi connectivity index (χ2v) is 7.94. The van der Waals surface area contributed by atoms with Crippen LogP contribution in [0.3, 0.4) is 0 Å². The molecular formula is C24H32N4O3. The van der Waals surface area contributed by atoms with Crippen LogP contribution in [0.2, 0.25) is 0 Å². The highest BCUT2D eigenvalue weighted by molar-refractivity contribution is 5.79. The monoisotopic (exact) mass is 424 g/mol. The van der Waals surface area contributed by atoms with Crippen molar-refractivity contribution in [3.8, 4) is 0 Å². The molecule has 31 heavy (non-hydrogen) atoms. The molecule has 0 saturated carbocycles. The van der Waals surface area contributed by atoms with Gasteiger partial charge in [0, 0.05) is 65.1 Å². The lowest BCUT2D eigenvalue weighted by atomic mass is 10.0. The number of nitrogens with one attached hydrogen (secondary N) is 1. The lowest BCUT2D eigenvalue weighted by molar-refractivity contribution is -0.146. The number of piperazine rings is 1. The number of rotatable bonds is 8. The van der Waals surface area contributed by atoms with Crippen molar-refractivity contribution >= 4 is 23.3 Å². The van der Waals surface area contributed by atoms with Gasteiger partial charge in [0.05, 0.1) is 6.04 Å². The van der Waals surface area contributed by atoms with Gasteiger partial charge in [0.25, 0.3) is 5.91 Å². The molecule has 0 radical (unpaired) electrons. The quantitative estimate of drug-likeness (QED) is 0.656. The van der Waals surface area contributed by atoms with Gasteiger partial charge in [0.2, 0.25) is 0 Å². The van der Waals surface area contributed by atoms with E-state index in [-0.39, 0.29) is 18.6 Å². The largest absolute Gasteiger partial charge is 0.456 e. The van der Waals surface area contributed by atoms with E-state index in [0.29, 0.717) is 6.54 Å². The first-order valence-electron chi connectivity index (χ1n) is 10.7. The predicted octanol–water partition coefficient (Wildman–Crippen LogP) is 2.30. The summed E-state index contributed by atoms with van der Waals surface area (Å²) in [4.78, 5) is 30.0. The van der Waals surface area contributed by atoms with Gasteiger partial charge in [-0.2, -0.15) is 0 Å². The zero-order chi connectivity index (χ0) is 22.2. The van der Waals surface area contributed by atoms with Crippen LogP contribution in [0.1, 0.15) is 18.5 Å². The molecule has 1 aliphatic rings. The van der Waals surface area contributed by atoms with E-state index in [0.717, 1.165) is 37.4 Å². The fourth-order valence-corrected chi connectivity index (χ4v) is 3.81. The summed E-state index contributed by atoms with van der Waals surface area (Å²) in [5.41, 5.74) is 3.53. The van der Waals surface area contributed by atoms with Crippen molar-refractivity contribution in [2.45, 2.75) is 13.0 Å². The Hall–Kier alpha value is -3.06. The maximum atomic E-state index is 12.1. The van der Waals surface area contributed by atoms with E-state index in [2.05, 4.69) is 68.5 Å². The lowest BCUT2D eigenvalue weighted by Gasteiger charge is -2.40. The van der Waals surface area contributed by atoms with Crippen LogP contribution in [-0.2, 0) is 14.3 Å². The molecule has 1 saturated heterocycles. The van der Waals surface area contributed by atoms with Crippen LogP contribution in [-0.4, -0.2) is 70.2 Å². The summed E-state index contributed by atoms with van der Waals surface area (Å²) < 4.78 is 4.82. The summed E-state index contributed by atoms with van der Waals surface area (Å²) in [6, 6.07) is 19.0. The molecule has 7 heteroatoms. The third-order valence-corrected chi connectivity index (χ3v) is 5.57. The van der Waals surface area contributed by atoms with Crippen LogP contribution in [0.4, 0.5) is 11.4 Å². The van der Waals surface area contributed by atoms with Gasteiger partial charge in [-0.15, -0.1) is 0 Å². The van der Waals surface area contributed by atoms with E-state index < -0.39 is 5.97 Å². The fourth-order valence-electron chi connectivity index (χ4n) is 3.81. The van der Waals surface area contributed by atoms with Crippen molar-refractivity contribution in [1.82, 2.24) is 10.2 Å². The molecule has 0 bridgehead atoms. The molecule has 7 nitrogen and oxygen atoms in total. The van der Waals surface area contributed by atoms with Crippen LogP contribution in [0.5, 0.6) is 0 Å². The Bertz CT molecular complexity index is 847. The third-order valence-electron chi connectivity index (χ3n) is 5.57. The average Bonchev–Trinajstić information content (AvgIpc) is 2.79. The van der Waals surface area contributed by atoms with Gasteiger partial charge < -0.3 is 19.9 Å². The minimum atomic E-state index is -0.456. The SMILES string of the molecule is CC(=O)OCC(=O)NC[C@@H](c1ccc(N(C)C)cc1)N1CCN(c2ccccc2)CC1. The van der Waals surface area contributed by atoms with Gasteiger partial charge in [0.15, 0.2) is 6.61 Å². The van der Waals surface area contributed by atoms with Crippen molar-refractivity contribution in [2.24, 2.45) is 0 Å². The van der Waals surface area contributed by atoms with Crippen LogP contribution < -0.4 is 15.1 Å². The smallest absolute Gasteiger partial charge is 0.303 e. The van der Waals surface area contributed by atoms with Crippen LogP contribution in [0, 0.1) is 0 Å². The Morgan fingerprint density at radius 2 is 1.65 bits per heavy atom. The first-order chi connectivity index (χ1) is 14.9. The lowest BCUT2D eigenvalue weighted by Crippen LogP contribution is -2.50. The highest BCUT2D eigenvalue weighted by atomic mass is 16.5. The summed E-state index contributed by atoms with van der Waals surface area (Å²) in [6.07, 6.45) is 0. The Labute approximate surface area is 184 Å². The minimum Gasteiger partial charge on any atom is -0.456 e. The molecule has 0 aliphatic carbocycles. The summed E-state index contributed by atoms with van der Waals surface area (Å²) >= 11 is 0. The Kier molecular flexibility index (Phi) is 7.89. The number of amides is 1. The van der Waals surface area contributed by atoms with Gasteiger partial charge in [-0.05, 0) is 29.8 Å². The van der Waals surface area contributed by atoms with Gasteiger partial charge in [-0.25, -0.2) is 0 Å². The Balaban J connectivity index is 1.68. The zero-order valence-corrected chi connectivity index (χ0v) is 18.6. The molecule has 1 aliphatic heterocycles. The summed E-state index contributed by atoms with van der Waals surface area (Å²) in [5, 5.41) is 2.93. The molecule has 3 rings (SSSR count). The maximum absolute atomic E-state index is 12.1. The number of benzene rings is 2. The van der Waals surface area contributed by atoms with E-state index in [9.17, 15) is 9.59 Å². The number of carbonyl (C=O) groups is 2. The molecule has 0 spiro atoms. The number of hydrogen-bond donors (Lipinski definition) is 1. The van der Waals surface area contributed by atoms with Crippen LogP contribution in [0.25, 0.3) is 0 Å². The molecule has 2 aromatic rings. The highest BCUT2D eigenvalue weighted by Crippen LogP contribution is 2.25. The summed E-state index contributed by atoms with van der Waals surface area (Å²) in [7, 11) is 4.04. The van der Waals surface area contributed by atoms with Crippen molar-refractivity contribution in [3.63, 3.8) is 0 Å². The topological polar surface area (TPSA) is 65.1 Å². The molecule has 0 aromatic heterocycles.